The van der Waals surface area contributed by atoms with E-state index < -0.39 is 0 Å². The zero-order valence-electron chi connectivity index (χ0n) is 35.9. The van der Waals surface area contributed by atoms with Crippen LogP contribution in [-0.4, -0.2) is 23.4 Å². The summed E-state index contributed by atoms with van der Waals surface area (Å²) in [5, 5.41) is 17.4. The van der Waals surface area contributed by atoms with E-state index in [4.69, 9.17) is 14.9 Å². The molecule has 2 spiro atoms. The Labute approximate surface area is 385 Å². The molecule has 0 fully saturated rings. The Hall–Kier alpha value is -1.66. The third-order valence-electron chi connectivity index (χ3n) is 6.72. The Bertz CT molecular complexity index is 1030. The molecule has 0 saturated carbocycles. The summed E-state index contributed by atoms with van der Waals surface area (Å²) in [5.74, 6) is 1.23. The first-order valence-electron chi connectivity index (χ1n) is 19.7. The minimum Gasteiger partial charge on any atom is -0.533 e. The van der Waals surface area contributed by atoms with Crippen molar-refractivity contribution in [2.24, 2.45) is 10.8 Å². The first kappa shape index (κ1) is 86.2. The number of allylic oxidation sites excluding steroid dienone is 6. The average Bonchev–Trinajstić information content (AvgIpc) is 3.85. The smallest absolute Gasteiger partial charge is 0.106 e. The van der Waals surface area contributed by atoms with Gasteiger partial charge in [-0.25, -0.2) is 0 Å². The van der Waals surface area contributed by atoms with Crippen LogP contribution < -0.4 is 4.74 Å². The SMILES string of the molecule is C.C.C.C.C.CC.CC.CC.CC.CC.CC.CC.CC.OCC1=CC2(C=CC2)CC1.Oc1cc[c-]cc1.[W].[W].[c-]1ccc(OCC2=CC3(C=CC3)CC2)cc1. The van der Waals surface area contributed by atoms with Gasteiger partial charge in [-0.1, -0.05) is 184 Å². The number of phenols is 1. The second-order valence-corrected chi connectivity index (χ2v) is 9.23. The van der Waals surface area contributed by atoms with Gasteiger partial charge < -0.3 is 14.9 Å². The summed E-state index contributed by atoms with van der Waals surface area (Å²) in [6.07, 6.45) is 20.9. The number of rotatable bonds is 4. The Kier molecular flexibility index (Phi) is 100. The van der Waals surface area contributed by atoms with Crippen molar-refractivity contribution in [3.8, 4) is 11.5 Å². The molecule has 0 saturated heterocycles. The molecule has 0 bridgehead atoms. The van der Waals surface area contributed by atoms with Gasteiger partial charge in [-0.05, 0) is 49.7 Å². The van der Waals surface area contributed by atoms with E-state index in [0.717, 1.165) is 18.8 Å². The topological polar surface area (TPSA) is 49.7 Å². The summed E-state index contributed by atoms with van der Waals surface area (Å²) in [6.45, 7) is 33.0. The fourth-order valence-electron chi connectivity index (χ4n) is 4.57. The molecule has 4 aliphatic rings. The molecule has 0 heterocycles. The Balaban J connectivity index is -0.0000000431. The van der Waals surface area contributed by atoms with Crippen molar-refractivity contribution in [2.45, 2.75) is 186 Å². The molecule has 6 rings (SSSR count). The molecule has 0 radical (unpaired) electrons. The van der Waals surface area contributed by atoms with Gasteiger partial charge in [-0.15, -0.1) is 24.3 Å². The molecule has 4 aliphatic carbocycles. The predicted octanol–water partition coefficient (Wildman–Crippen LogP) is 17.8. The van der Waals surface area contributed by atoms with Crippen LogP contribution in [-0.2, 0) is 42.1 Å². The quantitative estimate of drug-likeness (QED) is 0.237. The number of ether oxygens (including phenoxy) is 1. The summed E-state index contributed by atoms with van der Waals surface area (Å²) in [6, 6.07) is 19.9. The number of aliphatic hydroxyl groups excluding tert-OH is 1. The van der Waals surface area contributed by atoms with Crippen LogP contribution in [0, 0.1) is 23.0 Å². The van der Waals surface area contributed by atoms with E-state index in [1.807, 2.05) is 135 Å². The first-order valence-corrected chi connectivity index (χ1v) is 19.7. The standard InChI is InChI=1S/C15H15O.C9H12O.C6H5O.8C2H6.5CH4.2W/c1-2-5-14(6-3-1)16-12-13-7-10-15(11-13)8-4-9-15;10-7-8-2-5-9(6-8)3-1-4-9;7-6-4-2-1-3-5-6;8*1-2;;;;;;;/h2-6,8,11H,7,9-10,12H2;1,3,6,10H,2,4-5,7H2;2-5,7H;8*1-2H3;5*1H4;;/q-1;;-1;;;;;;;;;;;;;;;. The predicted molar refractivity (Wildman–Crippen MR) is 256 cm³/mol. The summed E-state index contributed by atoms with van der Waals surface area (Å²) >= 11 is 0. The van der Waals surface area contributed by atoms with E-state index in [1.54, 1.807) is 24.3 Å². The summed E-state index contributed by atoms with van der Waals surface area (Å²) < 4.78 is 5.74. The molecule has 2 aromatic rings. The van der Waals surface area contributed by atoms with Crippen molar-refractivity contribution in [1.82, 2.24) is 0 Å². The maximum absolute atomic E-state index is 8.83. The van der Waals surface area contributed by atoms with Gasteiger partial charge in [-0.2, -0.15) is 36.4 Å². The molecule has 2 aromatic carbocycles. The molecular weight excluding hydrogens is 1030 g/mol. The van der Waals surface area contributed by atoms with Crippen molar-refractivity contribution >= 4 is 0 Å². The third kappa shape index (κ3) is 39.2. The number of aliphatic hydroxyl groups is 1. The monoisotopic (exact) mass is 1130 g/mol. The van der Waals surface area contributed by atoms with Gasteiger partial charge >= 0.3 is 0 Å². The van der Waals surface area contributed by atoms with Crippen LogP contribution in [0.5, 0.6) is 11.5 Å². The summed E-state index contributed by atoms with van der Waals surface area (Å²) in [7, 11) is 0. The van der Waals surface area contributed by atoms with Crippen LogP contribution in [0.1, 0.15) is 186 Å². The van der Waals surface area contributed by atoms with Crippen molar-refractivity contribution < 1.29 is 57.1 Å². The molecule has 3 nitrogen and oxygen atoms in total. The van der Waals surface area contributed by atoms with Gasteiger partial charge in [0.15, 0.2) is 0 Å². The van der Waals surface area contributed by atoms with Gasteiger partial charge in [0.2, 0.25) is 0 Å². The van der Waals surface area contributed by atoms with Gasteiger partial charge in [-0.3, -0.25) is 0 Å². The van der Waals surface area contributed by atoms with E-state index in [0.29, 0.717) is 16.6 Å². The summed E-state index contributed by atoms with van der Waals surface area (Å²) in [5.41, 5.74) is 3.46. The molecule has 0 amide bonds. The van der Waals surface area contributed by atoms with Crippen molar-refractivity contribution in [3.05, 3.63) is 108 Å². The maximum Gasteiger partial charge on any atom is 0.106 e. The zero-order valence-corrected chi connectivity index (χ0v) is 41.7. The van der Waals surface area contributed by atoms with E-state index in [9.17, 15) is 0 Å². The van der Waals surface area contributed by atoms with Gasteiger partial charge in [0.25, 0.3) is 0 Å². The molecule has 2 unspecified atom stereocenters. The number of hydrogen-bond donors (Lipinski definition) is 2. The van der Waals surface area contributed by atoms with E-state index in [-0.39, 0.29) is 85.9 Å². The molecule has 2 N–H and O–H groups in total. The molecule has 336 valence electrons. The molecular formula is C51H100O3W2-2. The van der Waals surface area contributed by atoms with Crippen LogP contribution in [0.2, 0.25) is 0 Å². The maximum atomic E-state index is 8.83. The molecule has 56 heavy (non-hydrogen) atoms. The molecule has 5 heteroatoms. The van der Waals surface area contributed by atoms with Crippen LogP contribution in [0.15, 0.2) is 96.1 Å². The fraction of sp³-hybridized carbons (Fsp3) is 0.608. The van der Waals surface area contributed by atoms with Crippen molar-refractivity contribution in [1.29, 1.82) is 0 Å². The average molecular weight is 1130 g/mol. The van der Waals surface area contributed by atoms with Crippen molar-refractivity contribution in [2.75, 3.05) is 13.2 Å². The van der Waals surface area contributed by atoms with Crippen LogP contribution in [0.25, 0.3) is 0 Å². The van der Waals surface area contributed by atoms with E-state index >= 15 is 0 Å². The van der Waals surface area contributed by atoms with Gasteiger partial charge in [0.1, 0.15) is 6.61 Å². The van der Waals surface area contributed by atoms with Crippen LogP contribution >= 0.6 is 0 Å². The number of aromatic hydroxyl groups is 1. The minimum absolute atomic E-state index is 0. The normalized spacial score (nSPS) is 16.0. The second kappa shape index (κ2) is 65.2. The fourth-order valence-corrected chi connectivity index (χ4v) is 4.57. The van der Waals surface area contributed by atoms with Gasteiger partial charge in [0.05, 0.1) is 6.61 Å². The number of phenolic OH excluding ortho intramolecular Hbond substituents is 1. The minimum atomic E-state index is 0. The van der Waals surface area contributed by atoms with Crippen LogP contribution in [0.3, 0.4) is 0 Å². The third-order valence-corrected chi connectivity index (χ3v) is 6.72. The summed E-state index contributed by atoms with van der Waals surface area (Å²) in [4.78, 5) is 0. The largest absolute Gasteiger partial charge is 0.533 e. The molecule has 0 aromatic heterocycles. The number of hydrogen-bond acceptors (Lipinski definition) is 3. The van der Waals surface area contributed by atoms with E-state index in [1.165, 1.54) is 43.3 Å². The number of benzene rings is 2. The van der Waals surface area contributed by atoms with Crippen molar-refractivity contribution in [3.63, 3.8) is 0 Å². The Morgan fingerprint density at radius 2 is 0.839 bits per heavy atom. The molecule has 2 atom stereocenters. The van der Waals surface area contributed by atoms with E-state index in [2.05, 4.69) is 48.6 Å². The molecule has 0 aliphatic heterocycles. The first-order chi connectivity index (χ1) is 24.1. The van der Waals surface area contributed by atoms with Gasteiger partial charge in [0, 0.05) is 64.5 Å². The zero-order chi connectivity index (χ0) is 39.0. The Morgan fingerprint density at radius 3 is 1.07 bits per heavy atom. The Morgan fingerprint density at radius 1 is 0.536 bits per heavy atom. The van der Waals surface area contributed by atoms with Crippen LogP contribution in [0.4, 0.5) is 0 Å². The second-order valence-electron chi connectivity index (χ2n) is 9.23.